The van der Waals surface area contributed by atoms with E-state index in [0.29, 0.717) is 118 Å². The fourth-order valence-corrected chi connectivity index (χ4v) is 8.20. The molecule has 1 saturated heterocycles. The number of hydrogen-bond acceptors (Lipinski definition) is 11. The van der Waals surface area contributed by atoms with E-state index in [9.17, 15) is 4.79 Å². The van der Waals surface area contributed by atoms with E-state index < -0.39 is 0 Å². The van der Waals surface area contributed by atoms with E-state index in [1.54, 1.807) is 7.11 Å². The van der Waals surface area contributed by atoms with Gasteiger partial charge in [0.2, 0.25) is 0 Å². The van der Waals surface area contributed by atoms with Crippen LogP contribution in [-0.2, 0) is 50.0 Å². The Kier molecular flexibility index (Phi) is 20.5. The summed E-state index contributed by atoms with van der Waals surface area (Å²) >= 11 is 0. The summed E-state index contributed by atoms with van der Waals surface area (Å²) in [6.07, 6.45) is 7.89. The van der Waals surface area contributed by atoms with Crippen molar-refractivity contribution in [3.63, 3.8) is 0 Å². The minimum Gasteiger partial charge on any atom is -0.491 e. The number of hydrogen-bond donors (Lipinski definition) is 0. The Labute approximate surface area is 347 Å². The molecule has 13 heteroatoms. The molecule has 2 saturated carbocycles. The van der Waals surface area contributed by atoms with Gasteiger partial charge in [0.05, 0.1) is 105 Å². The van der Waals surface area contributed by atoms with Crippen molar-refractivity contribution in [1.82, 2.24) is 14.7 Å². The first-order chi connectivity index (χ1) is 28.5. The second-order valence-electron chi connectivity index (χ2n) is 15.8. The standard InChI is InChI=1S/C45H71N3O10/c1-46(2)45(41-10-5-4-6-11-41)18-16-44(17-19-45)38-47(43(49)48(44)37-39-8-7-9-39)36-40-12-14-42(15-13-40)58-35-34-57-33-32-56-31-30-55-29-28-54-27-26-53-25-24-52-23-22-51-21-20-50-3/h4-6,10-15,39H,7-9,16-38H2,1-3H3/t44-,45+. The molecule has 0 bridgehead atoms. The fourth-order valence-electron chi connectivity index (χ4n) is 8.20. The van der Waals surface area contributed by atoms with Crippen LogP contribution in [0.1, 0.15) is 56.1 Å². The van der Waals surface area contributed by atoms with E-state index in [1.165, 1.54) is 24.8 Å². The minimum absolute atomic E-state index is 0.00209. The van der Waals surface area contributed by atoms with Crippen molar-refractivity contribution >= 4 is 6.03 Å². The smallest absolute Gasteiger partial charge is 0.320 e. The SMILES string of the molecule is COCCOCCOCCOCCOCCOCCOCCOCCOc1ccc(CN2C[C@]3(CC[C@](c4ccccc4)(N(C)C)CC3)N(CC3CCC3)C2=O)cc1. The van der Waals surface area contributed by atoms with E-state index in [0.717, 1.165) is 50.1 Å². The Morgan fingerprint density at radius 1 is 0.621 bits per heavy atom. The second-order valence-corrected chi connectivity index (χ2v) is 15.8. The highest BCUT2D eigenvalue weighted by atomic mass is 16.6. The molecule has 2 aliphatic carbocycles. The van der Waals surface area contributed by atoms with Crippen molar-refractivity contribution < 1.29 is 47.4 Å². The predicted molar refractivity (Wildman–Crippen MR) is 222 cm³/mol. The number of carbonyl (C=O) groups is 1. The first-order valence-corrected chi connectivity index (χ1v) is 21.5. The maximum Gasteiger partial charge on any atom is 0.320 e. The maximum atomic E-state index is 14.1. The van der Waals surface area contributed by atoms with Gasteiger partial charge >= 0.3 is 6.03 Å². The molecule has 0 aromatic heterocycles. The van der Waals surface area contributed by atoms with Crippen molar-refractivity contribution in [2.75, 3.05) is 140 Å². The summed E-state index contributed by atoms with van der Waals surface area (Å²) in [5.41, 5.74) is 2.40. The van der Waals surface area contributed by atoms with Crippen molar-refractivity contribution in [1.29, 1.82) is 0 Å². The lowest BCUT2D eigenvalue weighted by Gasteiger charge is -2.51. The van der Waals surface area contributed by atoms with Crippen molar-refractivity contribution in [2.45, 2.75) is 62.6 Å². The molecule has 326 valence electrons. The summed E-state index contributed by atoms with van der Waals surface area (Å²) < 4.78 is 49.4. The van der Waals surface area contributed by atoms with Crippen LogP contribution in [0.3, 0.4) is 0 Å². The Morgan fingerprint density at radius 2 is 1.10 bits per heavy atom. The predicted octanol–water partition coefficient (Wildman–Crippen LogP) is 5.64. The molecule has 2 aromatic carbocycles. The highest BCUT2D eigenvalue weighted by Crippen LogP contribution is 2.49. The van der Waals surface area contributed by atoms with Crippen LogP contribution in [0.2, 0.25) is 0 Å². The number of carbonyl (C=O) groups excluding carboxylic acids is 1. The highest BCUT2D eigenvalue weighted by Gasteiger charge is 2.54. The zero-order valence-electron chi connectivity index (χ0n) is 35.6. The van der Waals surface area contributed by atoms with Gasteiger partial charge in [0.25, 0.3) is 0 Å². The molecule has 0 atom stereocenters. The first-order valence-electron chi connectivity index (χ1n) is 21.5. The van der Waals surface area contributed by atoms with Gasteiger partial charge in [0, 0.05) is 32.3 Å². The normalized spacial score (nSPS) is 21.1. The van der Waals surface area contributed by atoms with E-state index in [1.807, 2.05) is 12.1 Å². The third-order valence-corrected chi connectivity index (χ3v) is 11.9. The van der Waals surface area contributed by atoms with Crippen LogP contribution in [0.5, 0.6) is 5.75 Å². The largest absolute Gasteiger partial charge is 0.491 e. The Hall–Kier alpha value is -2.85. The molecular formula is C45H71N3O10. The Balaban J connectivity index is 0.886. The third kappa shape index (κ3) is 14.4. The van der Waals surface area contributed by atoms with E-state index in [2.05, 4.69) is 71.3 Å². The van der Waals surface area contributed by atoms with Crippen LogP contribution in [0.25, 0.3) is 0 Å². The van der Waals surface area contributed by atoms with Crippen molar-refractivity contribution in [3.8, 4) is 5.75 Å². The molecule has 0 radical (unpaired) electrons. The summed E-state index contributed by atoms with van der Waals surface area (Å²) in [5.74, 6) is 1.43. The van der Waals surface area contributed by atoms with Crippen molar-refractivity contribution in [3.05, 3.63) is 65.7 Å². The number of rotatable bonds is 31. The Morgan fingerprint density at radius 3 is 1.55 bits per heavy atom. The van der Waals surface area contributed by atoms with Gasteiger partial charge in [0.15, 0.2) is 0 Å². The van der Waals surface area contributed by atoms with Crippen LogP contribution < -0.4 is 4.74 Å². The zero-order chi connectivity index (χ0) is 40.7. The van der Waals surface area contributed by atoms with Crippen LogP contribution >= 0.6 is 0 Å². The van der Waals surface area contributed by atoms with Crippen LogP contribution in [-0.4, -0.2) is 166 Å². The topological polar surface area (TPSA) is 110 Å². The molecule has 2 aromatic rings. The van der Waals surface area contributed by atoms with Gasteiger partial charge in [0.1, 0.15) is 12.4 Å². The third-order valence-electron chi connectivity index (χ3n) is 11.9. The lowest BCUT2D eigenvalue weighted by Crippen LogP contribution is -2.56. The number of benzene rings is 2. The summed E-state index contributed by atoms with van der Waals surface area (Å²) in [6.45, 7) is 10.6. The van der Waals surface area contributed by atoms with Crippen LogP contribution in [0, 0.1) is 5.92 Å². The molecule has 3 aliphatic rings. The molecule has 58 heavy (non-hydrogen) atoms. The van der Waals surface area contributed by atoms with Gasteiger partial charge in [-0.25, -0.2) is 4.79 Å². The highest BCUT2D eigenvalue weighted by molar-refractivity contribution is 5.78. The lowest BCUT2D eigenvalue weighted by molar-refractivity contribution is -0.0227. The summed E-state index contributed by atoms with van der Waals surface area (Å²) in [5, 5.41) is 0. The number of methoxy groups -OCH3 is 1. The Bertz CT molecular complexity index is 1390. The summed E-state index contributed by atoms with van der Waals surface area (Å²) in [4.78, 5) is 20.9. The van der Waals surface area contributed by atoms with Crippen LogP contribution in [0.15, 0.2) is 54.6 Å². The first kappa shape index (κ1) is 46.2. The molecular weight excluding hydrogens is 743 g/mol. The van der Waals surface area contributed by atoms with E-state index >= 15 is 0 Å². The average Bonchev–Trinajstić information content (AvgIpc) is 3.47. The molecule has 0 unspecified atom stereocenters. The average molecular weight is 814 g/mol. The molecule has 1 heterocycles. The van der Waals surface area contributed by atoms with Gasteiger partial charge in [-0.15, -0.1) is 0 Å². The number of amides is 2. The van der Waals surface area contributed by atoms with E-state index in [4.69, 9.17) is 42.6 Å². The van der Waals surface area contributed by atoms with Gasteiger partial charge in [-0.1, -0.05) is 48.9 Å². The lowest BCUT2D eigenvalue weighted by atomic mass is 9.68. The second kappa shape index (κ2) is 25.7. The molecule has 0 N–H and O–H groups in total. The monoisotopic (exact) mass is 814 g/mol. The molecule has 1 spiro atoms. The summed E-state index contributed by atoms with van der Waals surface area (Å²) in [7, 11) is 6.07. The van der Waals surface area contributed by atoms with Gasteiger partial charge < -0.3 is 52.4 Å². The number of ether oxygens (including phenoxy) is 9. The molecule has 3 fully saturated rings. The molecule has 5 rings (SSSR count). The van der Waals surface area contributed by atoms with Crippen LogP contribution in [0.4, 0.5) is 4.79 Å². The van der Waals surface area contributed by atoms with E-state index in [-0.39, 0.29) is 17.1 Å². The van der Waals surface area contributed by atoms with Gasteiger partial charge in [-0.05, 0) is 81.8 Å². The number of nitrogens with zero attached hydrogens (tertiary/aromatic N) is 3. The van der Waals surface area contributed by atoms with Gasteiger partial charge in [-0.2, -0.15) is 0 Å². The van der Waals surface area contributed by atoms with Crippen molar-refractivity contribution in [2.24, 2.45) is 5.92 Å². The maximum absolute atomic E-state index is 14.1. The zero-order valence-corrected chi connectivity index (χ0v) is 35.6. The molecule has 1 aliphatic heterocycles. The fraction of sp³-hybridized carbons (Fsp3) is 0.711. The molecule has 13 nitrogen and oxygen atoms in total. The molecule has 2 amide bonds. The minimum atomic E-state index is -0.104. The van der Waals surface area contributed by atoms with Gasteiger partial charge in [-0.3, -0.25) is 4.90 Å². The summed E-state index contributed by atoms with van der Waals surface area (Å²) in [6, 6.07) is 19.3. The number of urea groups is 1. The quantitative estimate of drug-likeness (QED) is 0.0884.